The first-order chi connectivity index (χ1) is 13.6. The van der Waals surface area contributed by atoms with E-state index in [-0.39, 0.29) is 23.8 Å². The Morgan fingerprint density at radius 2 is 2.04 bits per heavy atom. The average Bonchev–Trinajstić information content (AvgIpc) is 3.37. The number of hydrogen-bond acceptors (Lipinski definition) is 5. The van der Waals surface area contributed by atoms with Crippen LogP contribution in [0, 0.1) is 5.92 Å². The van der Waals surface area contributed by atoms with Crippen LogP contribution in [0.3, 0.4) is 0 Å². The predicted molar refractivity (Wildman–Crippen MR) is 107 cm³/mol. The number of ether oxygens (including phenoxy) is 1. The number of nitrogens with zero attached hydrogens (tertiary/aromatic N) is 2. The molecule has 0 spiro atoms. The molecular formula is C22H29N3O3. The zero-order chi connectivity index (χ0) is 19.5. The highest BCUT2D eigenvalue weighted by Crippen LogP contribution is 2.31. The summed E-state index contributed by atoms with van der Waals surface area (Å²) >= 11 is 0. The number of rotatable bonds is 5. The van der Waals surface area contributed by atoms with Gasteiger partial charge in [0.15, 0.2) is 0 Å². The quantitative estimate of drug-likeness (QED) is 0.859. The minimum Gasteiger partial charge on any atom is -0.497 e. The Balaban J connectivity index is 1.33. The van der Waals surface area contributed by atoms with Gasteiger partial charge in [-0.1, -0.05) is 12.1 Å². The second-order valence-electron chi connectivity index (χ2n) is 7.92. The van der Waals surface area contributed by atoms with Crippen molar-refractivity contribution >= 4 is 5.91 Å². The molecule has 0 bridgehead atoms. The van der Waals surface area contributed by atoms with E-state index in [2.05, 4.69) is 11.0 Å². The lowest BCUT2D eigenvalue weighted by atomic mass is 9.94. The summed E-state index contributed by atoms with van der Waals surface area (Å²) in [5.74, 6) is 2.34. The minimum atomic E-state index is -0.0323. The van der Waals surface area contributed by atoms with Crippen LogP contribution < -0.4 is 10.5 Å². The van der Waals surface area contributed by atoms with E-state index in [9.17, 15) is 4.79 Å². The highest BCUT2D eigenvalue weighted by atomic mass is 16.5. The lowest BCUT2D eigenvalue weighted by Crippen LogP contribution is -2.42. The Morgan fingerprint density at radius 3 is 2.75 bits per heavy atom. The molecule has 3 heterocycles. The van der Waals surface area contributed by atoms with Crippen LogP contribution >= 0.6 is 0 Å². The van der Waals surface area contributed by atoms with E-state index < -0.39 is 0 Å². The van der Waals surface area contributed by atoms with Crippen molar-refractivity contribution in [2.75, 3.05) is 33.3 Å². The van der Waals surface area contributed by atoms with Gasteiger partial charge in [0.2, 0.25) is 5.91 Å². The van der Waals surface area contributed by atoms with Crippen molar-refractivity contribution in [1.29, 1.82) is 0 Å². The van der Waals surface area contributed by atoms with Crippen molar-refractivity contribution in [3.8, 4) is 5.75 Å². The molecule has 2 N–H and O–H groups in total. The normalized spacial score (nSPS) is 23.9. The molecule has 6 nitrogen and oxygen atoms in total. The smallest absolute Gasteiger partial charge is 0.225 e. The number of hydrogen-bond donors (Lipinski definition) is 1. The monoisotopic (exact) mass is 383 g/mol. The third-order valence-electron chi connectivity index (χ3n) is 6.10. The number of furan rings is 1. The van der Waals surface area contributed by atoms with Gasteiger partial charge in [0, 0.05) is 31.0 Å². The van der Waals surface area contributed by atoms with Gasteiger partial charge in [0.25, 0.3) is 0 Å². The summed E-state index contributed by atoms with van der Waals surface area (Å²) in [7, 11) is 1.67. The zero-order valence-electron chi connectivity index (χ0n) is 16.4. The Morgan fingerprint density at radius 1 is 1.21 bits per heavy atom. The fourth-order valence-electron chi connectivity index (χ4n) is 4.45. The van der Waals surface area contributed by atoms with Gasteiger partial charge in [-0.2, -0.15) is 0 Å². The Kier molecular flexibility index (Phi) is 5.69. The van der Waals surface area contributed by atoms with Gasteiger partial charge in [0.05, 0.1) is 19.9 Å². The van der Waals surface area contributed by atoms with Crippen LogP contribution in [0.1, 0.15) is 30.1 Å². The lowest BCUT2D eigenvalue weighted by Gasteiger charge is -2.32. The maximum Gasteiger partial charge on any atom is 0.225 e. The second kappa shape index (κ2) is 8.37. The van der Waals surface area contributed by atoms with Crippen LogP contribution in [0.5, 0.6) is 5.75 Å². The van der Waals surface area contributed by atoms with E-state index in [0.29, 0.717) is 13.1 Å². The first kappa shape index (κ1) is 19.0. The van der Waals surface area contributed by atoms with Crippen LogP contribution in [-0.4, -0.2) is 55.0 Å². The molecule has 4 rings (SSSR count). The molecule has 2 atom stereocenters. The molecular weight excluding hydrogens is 354 g/mol. The first-order valence-corrected chi connectivity index (χ1v) is 10.1. The lowest BCUT2D eigenvalue weighted by molar-refractivity contribution is -0.136. The molecule has 1 aromatic heterocycles. The van der Waals surface area contributed by atoms with Crippen molar-refractivity contribution in [3.05, 3.63) is 54.0 Å². The molecule has 0 saturated carbocycles. The van der Waals surface area contributed by atoms with Gasteiger partial charge in [-0.15, -0.1) is 0 Å². The highest BCUT2D eigenvalue weighted by molar-refractivity contribution is 5.79. The fourth-order valence-corrected chi connectivity index (χ4v) is 4.45. The second-order valence-corrected chi connectivity index (χ2v) is 7.92. The molecule has 0 radical (unpaired) electrons. The van der Waals surface area contributed by atoms with Gasteiger partial charge in [-0.3, -0.25) is 9.69 Å². The standard InChI is InChI=1S/C22H29N3O3/c1-27-18-5-2-4-17(12-18)20-14-25(15-21(20)23)22(26)16-7-9-24(10-8-16)13-19-6-3-11-28-19/h2-6,11-12,16,20-21H,7-10,13-15,23H2,1H3. The Hall–Kier alpha value is -2.31. The summed E-state index contributed by atoms with van der Waals surface area (Å²) in [5.41, 5.74) is 7.55. The van der Waals surface area contributed by atoms with Crippen molar-refractivity contribution in [2.24, 2.45) is 11.7 Å². The summed E-state index contributed by atoms with van der Waals surface area (Å²) < 4.78 is 10.8. The number of likely N-dealkylation sites (tertiary alicyclic amines) is 2. The number of piperidine rings is 1. The zero-order valence-corrected chi connectivity index (χ0v) is 16.4. The molecule has 2 unspecified atom stereocenters. The summed E-state index contributed by atoms with van der Waals surface area (Å²) in [6.07, 6.45) is 3.51. The summed E-state index contributed by atoms with van der Waals surface area (Å²) in [6, 6.07) is 11.9. The van der Waals surface area contributed by atoms with E-state index in [1.54, 1.807) is 13.4 Å². The molecule has 6 heteroatoms. The van der Waals surface area contributed by atoms with Crippen LogP contribution in [0.15, 0.2) is 47.1 Å². The largest absolute Gasteiger partial charge is 0.497 e. The van der Waals surface area contributed by atoms with Crippen LogP contribution in [0.4, 0.5) is 0 Å². The highest BCUT2D eigenvalue weighted by Gasteiger charge is 2.37. The topological polar surface area (TPSA) is 71.9 Å². The van der Waals surface area contributed by atoms with E-state index in [1.807, 2.05) is 35.2 Å². The maximum atomic E-state index is 13.1. The van der Waals surface area contributed by atoms with Crippen molar-refractivity contribution in [3.63, 3.8) is 0 Å². The molecule has 28 heavy (non-hydrogen) atoms. The van der Waals surface area contributed by atoms with E-state index in [1.165, 1.54) is 0 Å². The molecule has 2 aliphatic rings. The van der Waals surface area contributed by atoms with Gasteiger partial charge in [-0.25, -0.2) is 0 Å². The molecule has 2 aromatic rings. The summed E-state index contributed by atoms with van der Waals surface area (Å²) in [6.45, 7) is 4.00. The number of amides is 1. The molecule has 2 fully saturated rings. The van der Waals surface area contributed by atoms with E-state index >= 15 is 0 Å². The SMILES string of the molecule is COc1cccc(C2CN(C(=O)C3CCN(Cc4ccco4)CC3)CC2N)c1. The Bertz CT molecular complexity index is 784. The number of carbonyl (C=O) groups excluding carboxylic acids is 1. The van der Waals surface area contributed by atoms with Crippen molar-refractivity contribution < 1.29 is 13.9 Å². The first-order valence-electron chi connectivity index (χ1n) is 10.1. The summed E-state index contributed by atoms with van der Waals surface area (Å²) in [5, 5.41) is 0. The minimum absolute atomic E-state index is 0.0323. The molecule has 2 aliphatic heterocycles. The fraction of sp³-hybridized carbons (Fsp3) is 0.500. The van der Waals surface area contributed by atoms with Gasteiger partial charge in [0.1, 0.15) is 11.5 Å². The van der Waals surface area contributed by atoms with Gasteiger partial charge < -0.3 is 19.8 Å². The third kappa shape index (κ3) is 4.08. The molecule has 0 aliphatic carbocycles. The number of carbonyl (C=O) groups is 1. The predicted octanol–water partition coefficient (Wildman–Crippen LogP) is 2.45. The number of nitrogens with two attached hydrogens (primary N) is 1. The average molecular weight is 383 g/mol. The Labute approximate surface area is 166 Å². The van der Waals surface area contributed by atoms with Crippen LogP contribution in [0.25, 0.3) is 0 Å². The maximum absolute atomic E-state index is 13.1. The van der Waals surface area contributed by atoms with Gasteiger partial charge in [-0.05, 0) is 55.8 Å². The third-order valence-corrected chi connectivity index (χ3v) is 6.10. The van der Waals surface area contributed by atoms with Crippen LogP contribution in [-0.2, 0) is 11.3 Å². The van der Waals surface area contributed by atoms with Crippen molar-refractivity contribution in [2.45, 2.75) is 31.3 Å². The van der Waals surface area contributed by atoms with Crippen LogP contribution in [0.2, 0.25) is 0 Å². The molecule has 1 aromatic carbocycles. The molecule has 150 valence electrons. The van der Waals surface area contributed by atoms with E-state index in [4.69, 9.17) is 14.9 Å². The summed E-state index contributed by atoms with van der Waals surface area (Å²) in [4.78, 5) is 17.4. The van der Waals surface area contributed by atoms with Crippen molar-refractivity contribution in [1.82, 2.24) is 9.80 Å². The van der Waals surface area contributed by atoms with Gasteiger partial charge >= 0.3 is 0 Å². The van der Waals surface area contributed by atoms with E-state index in [0.717, 1.165) is 49.5 Å². The number of benzene rings is 1. The number of methoxy groups -OCH3 is 1. The molecule has 2 saturated heterocycles. The molecule has 1 amide bonds.